The summed E-state index contributed by atoms with van der Waals surface area (Å²) in [6.07, 6.45) is 0. The van der Waals surface area contributed by atoms with Gasteiger partial charge in [0, 0.05) is 0 Å². The highest BCUT2D eigenvalue weighted by molar-refractivity contribution is 6.58. The average molecular weight is 259 g/mol. The van der Waals surface area contributed by atoms with Crippen LogP contribution in [0.5, 0.6) is 0 Å². The third-order valence-electron chi connectivity index (χ3n) is 2.47. The second-order valence-corrected chi connectivity index (χ2v) is 3.66. The lowest BCUT2D eigenvalue weighted by atomic mass is 9.79. The van der Waals surface area contributed by atoms with Crippen LogP contribution in [0.3, 0.4) is 0 Å². The van der Waals surface area contributed by atoms with Crippen molar-refractivity contribution in [3.8, 4) is 11.1 Å². The molecule has 0 saturated heterocycles. The lowest BCUT2D eigenvalue weighted by molar-refractivity contribution is 0.426. The van der Waals surface area contributed by atoms with E-state index < -0.39 is 90.2 Å². The smallest absolute Gasteiger partial charge is 0.423 e. The fourth-order valence-electron chi connectivity index (χ4n) is 1.58. The first-order valence-corrected chi connectivity index (χ1v) is 5.31. The predicted molar refractivity (Wildman–Crippen MR) is 79.2 cm³/mol. The Morgan fingerprint density at radius 3 is 2.21 bits per heavy atom. The van der Waals surface area contributed by atoms with Crippen LogP contribution < -0.4 is 5.46 Å². The van der Waals surface area contributed by atoms with E-state index in [-0.39, 0.29) is 10.8 Å². The van der Waals surface area contributed by atoms with Crippen LogP contribution in [0.1, 0.15) is 15.1 Å². The Hall–Kier alpha value is -2.10. The molecule has 0 fully saturated rings. The maximum absolute atomic E-state index is 9.41. The summed E-state index contributed by atoms with van der Waals surface area (Å²) in [6.45, 7) is 0. The summed E-state index contributed by atoms with van der Waals surface area (Å²) in [6, 6.07) is -7.90. The number of hydrogen-bond acceptors (Lipinski definition) is 2. The third kappa shape index (κ3) is 2.26. The Morgan fingerprint density at radius 2 is 1.47 bits per heavy atom. The molecule has 19 heavy (non-hydrogen) atoms. The van der Waals surface area contributed by atoms with Crippen LogP contribution in [0.4, 0.5) is 0 Å². The molecule has 0 bridgehead atoms. The average Bonchev–Trinajstić information content (AvgIpc) is 2.68. The van der Waals surface area contributed by atoms with Crippen molar-refractivity contribution in [2.45, 2.75) is 0 Å². The number of hydrogen-bond donors (Lipinski definition) is 2. The molecule has 2 nitrogen and oxygen atoms in total. The highest BCUT2D eigenvalue weighted by Gasteiger charge is 2.10. The molecule has 92 valence electrons. The predicted octanol–water partition coefficient (Wildman–Crippen LogP) is 2.19. The first-order chi connectivity index (χ1) is 13.8. The fourth-order valence-corrected chi connectivity index (χ4v) is 1.58. The zero-order chi connectivity index (χ0) is 22.8. The van der Waals surface area contributed by atoms with Gasteiger partial charge in [0.05, 0.1) is 15.1 Å². The van der Waals surface area contributed by atoms with Gasteiger partial charge in [0.2, 0.25) is 0 Å². The topological polar surface area (TPSA) is 40.5 Å². The van der Waals surface area contributed by atoms with Gasteiger partial charge in [-0.1, -0.05) is 66.5 Å². The minimum absolute atomic E-state index is 0.384. The Kier molecular flexibility index (Phi) is 1.23. The van der Waals surface area contributed by atoms with Crippen LogP contribution in [0.25, 0.3) is 21.9 Å². The lowest BCUT2D eigenvalue weighted by Gasteiger charge is -2.07. The van der Waals surface area contributed by atoms with Crippen LogP contribution >= 0.6 is 0 Å². The molecule has 0 radical (unpaired) electrons. The van der Waals surface area contributed by atoms with E-state index in [1.54, 1.807) is 0 Å². The molecule has 0 aliphatic heterocycles. The highest BCUT2D eigenvalue weighted by atomic mass is 16.4. The van der Waals surface area contributed by atoms with Gasteiger partial charge in [-0.25, -0.2) is 0 Å². The van der Waals surface area contributed by atoms with Crippen LogP contribution in [0.15, 0.2) is 66.5 Å². The molecule has 0 unspecified atom stereocenters. The molecule has 0 atom stereocenters. The maximum atomic E-state index is 9.41. The van der Waals surface area contributed by atoms with E-state index >= 15 is 0 Å². The SMILES string of the molecule is [2H]c1c([2H])c(-c2c([2H])c([2H])c([2H])c3c([2H])c([2H])c([2H])c([2H])c23)c([2H])c([2H])c1B(O)O. The van der Waals surface area contributed by atoms with Crippen LogP contribution in [-0.4, -0.2) is 17.2 Å². The van der Waals surface area contributed by atoms with Gasteiger partial charge in [0.15, 0.2) is 0 Å². The molecular formula is C16H13BO2. The highest BCUT2D eigenvalue weighted by Crippen LogP contribution is 2.27. The van der Waals surface area contributed by atoms with Crippen molar-refractivity contribution in [2.75, 3.05) is 0 Å². The molecule has 3 aromatic carbocycles. The van der Waals surface area contributed by atoms with Crippen molar-refractivity contribution >= 4 is 23.4 Å². The summed E-state index contributed by atoms with van der Waals surface area (Å²) >= 11 is 0. The van der Waals surface area contributed by atoms with Crippen molar-refractivity contribution in [1.82, 2.24) is 0 Å². The fraction of sp³-hybridized carbons (Fsp3) is 0. The third-order valence-corrected chi connectivity index (χ3v) is 2.47. The monoisotopic (exact) mass is 259 g/mol. The molecule has 0 aromatic heterocycles. The van der Waals surface area contributed by atoms with Crippen molar-refractivity contribution in [3.63, 3.8) is 0 Å². The molecule has 0 heterocycles. The Morgan fingerprint density at radius 1 is 0.789 bits per heavy atom. The Balaban J connectivity index is 2.69. The van der Waals surface area contributed by atoms with Crippen molar-refractivity contribution < 1.29 is 25.1 Å². The second-order valence-electron chi connectivity index (χ2n) is 3.66. The number of rotatable bonds is 2. The molecule has 0 aliphatic rings. The normalized spacial score (nSPS) is 18.7. The van der Waals surface area contributed by atoms with Gasteiger partial charge in [-0.2, -0.15) is 0 Å². The first-order valence-electron chi connectivity index (χ1n) is 10.8. The van der Waals surface area contributed by atoms with Crippen LogP contribution in [-0.2, 0) is 0 Å². The van der Waals surface area contributed by atoms with Crippen molar-refractivity contribution in [3.05, 3.63) is 66.5 Å². The van der Waals surface area contributed by atoms with E-state index in [1.165, 1.54) is 0 Å². The molecule has 0 spiro atoms. The number of benzene rings is 3. The van der Waals surface area contributed by atoms with Crippen molar-refractivity contribution in [1.29, 1.82) is 0 Å². The van der Waals surface area contributed by atoms with Gasteiger partial charge in [-0.3, -0.25) is 0 Å². The van der Waals surface area contributed by atoms with E-state index in [0.717, 1.165) is 0 Å². The summed E-state index contributed by atoms with van der Waals surface area (Å²) in [4.78, 5) is 0. The van der Waals surface area contributed by atoms with E-state index in [0.29, 0.717) is 0 Å². The minimum Gasteiger partial charge on any atom is -0.423 e. The van der Waals surface area contributed by atoms with E-state index in [2.05, 4.69) is 0 Å². The maximum Gasteiger partial charge on any atom is 0.488 e. The molecule has 0 aliphatic carbocycles. The molecule has 2 N–H and O–H groups in total. The first kappa shape index (κ1) is 4.78. The summed E-state index contributed by atoms with van der Waals surface area (Å²) in [5.41, 5.74) is -1.70. The summed E-state index contributed by atoms with van der Waals surface area (Å²) in [7, 11) is -2.31. The largest absolute Gasteiger partial charge is 0.488 e. The Labute approximate surface area is 127 Å². The molecular weight excluding hydrogens is 235 g/mol. The molecule has 0 saturated carbocycles. The van der Waals surface area contributed by atoms with Gasteiger partial charge < -0.3 is 10.0 Å². The molecule has 3 aromatic rings. The van der Waals surface area contributed by atoms with Gasteiger partial charge in [-0.05, 0) is 27.4 Å². The standard InChI is InChI=1S/C16H13BO2/c18-17(19)14-10-8-13(9-11-14)16-7-3-5-12-4-1-2-6-15(12)16/h1-11,18-19H/i1D,2D,3D,4D,5D,6D,7D,8D,9D,10D,11D. The van der Waals surface area contributed by atoms with E-state index in [1.807, 2.05) is 0 Å². The number of fused-ring (bicyclic) bond motifs is 1. The van der Waals surface area contributed by atoms with E-state index in [9.17, 15) is 10.0 Å². The summed E-state index contributed by atoms with van der Waals surface area (Å²) in [5.74, 6) is 0. The van der Waals surface area contributed by atoms with Crippen LogP contribution in [0, 0.1) is 0 Å². The molecule has 0 amide bonds. The minimum atomic E-state index is -2.31. The van der Waals surface area contributed by atoms with Gasteiger partial charge in [0.1, 0.15) is 0 Å². The van der Waals surface area contributed by atoms with Gasteiger partial charge in [0.25, 0.3) is 0 Å². The summed E-state index contributed by atoms with van der Waals surface area (Å²) in [5, 5.41) is 18.0. The summed E-state index contributed by atoms with van der Waals surface area (Å²) < 4.78 is 88.9. The van der Waals surface area contributed by atoms with Crippen molar-refractivity contribution in [2.24, 2.45) is 0 Å². The van der Waals surface area contributed by atoms with Gasteiger partial charge in [-0.15, -0.1) is 0 Å². The molecule has 3 rings (SSSR count). The molecule has 3 heteroatoms. The zero-order valence-corrected chi connectivity index (χ0v) is 9.47. The van der Waals surface area contributed by atoms with Gasteiger partial charge >= 0.3 is 7.12 Å². The van der Waals surface area contributed by atoms with Crippen LogP contribution in [0.2, 0.25) is 0 Å². The quantitative estimate of drug-likeness (QED) is 0.692. The Bertz CT molecular complexity index is 1210. The zero-order valence-electron chi connectivity index (χ0n) is 20.5. The second kappa shape index (κ2) is 4.88. The van der Waals surface area contributed by atoms with E-state index in [4.69, 9.17) is 15.1 Å². The lowest BCUT2D eigenvalue weighted by Crippen LogP contribution is -2.29.